The number of amides is 2. The summed E-state index contributed by atoms with van der Waals surface area (Å²) >= 11 is 0. The van der Waals surface area contributed by atoms with Crippen LogP contribution in [-0.2, 0) is 16.0 Å². The van der Waals surface area contributed by atoms with Crippen LogP contribution in [0.2, 0.25) is 0 Å². The molecule has 0 aliphatic rings. The van der Waals surface area contributed by atoms with E-state index in [0.717, 1.165) is 22.1 Å². The predicted molar refractivity (Wildman–Crippen MR) is 110 cm³/mol. The quantitative estimate of drug-likeness (QED) is 0.564. The SMILES string of the molecule is O=C(CNC(=O)Cc1cccc2ccccc12)NCCCOc1ccccc1. The summed E-state index contributed by atoms with van der Waals surface area (Å²) in [6.45, 7) is 1.01. The molecule has 0 aliphatic heterocycles. The maximum atomic E-state index is 12.2. The maximum absolute atomic E-state index is 12.2. The third kappa shape index (κ3) is 5.84. The molecule has 0 heterocycles. The first kappa shape index (κ1) is 19.4. The van der Waals surface area contributed by atoms with Crippen LogP contribution in [0.25, 0.3) is 10.8 Å². The van der Waals surface area contributed by atoms with Gasteiger partial charge in [-0.2, -0.15) is 0 Å². The van der Waals surface area contributed by atoms with Crippen LogP contribution < -0.4 is 15.4 Å². The van der Waals surface area contributed by atoms with Crippen molar-refractivity contribution in [3.8, 4) is 5.75 Å². The first-order valence-electron chi connectivity index (χ1n) is 9.40. The van der Waals surface area contributed by atoms with E-state index in [2.05, 4.69) is 10.6 Å². The van der Waals surface area contributed by atoms with Crippen molar-refractivity contribution >= 4 is 22.6 Å². The van der Waals surface area contributed by atoms with E-state index in [4.69, 9.17) is 4.74 Å². The van der Waals surface area contributed by atoms with E-state index >= 15 is 0 Å². The summed E-state index contributed by atoms with van der Waals surface area (Å²) < 4.78 is 5.57. The molecule has 3 aromatic carbocycles. The molecule has 2 N–H and O–H groups in total. The van der Waals surface area contributed by atoms with Crippen LogP contribution in [0, 0.1) is 0 Å². The highest BCUT2D eigenvalue weighted by Crippen LogP contribution is 2.18. The van der Waals surface area contributed by atoms with E-state index in [9.17, 15) is 9.59 Å². The standard InChI is InChI=1S/C23H24N2O3/c26-22(16-19-10-6-9-18-8-4-5-13-21(18)19)25-17-23(27)24-14-7-15-28-20-11-2-1-3-12-20/h1-6,8-13H,7,14-17H2,(H,24,27)(H,25,26). The van der Waals surface area contributed by atoms with Gasteiger partial charge < -0.3 is 15.4 Å². The number of hydrogen-bond donors (Lipinski definition) is 2. The molecule has 0 fully saturated rings. The molecule has 0 bridgehead atoms. The number of carbonyl (C=O) groups is 2. The zero-order valence-electron chi connectivity index (χ0n) is 15.7. The first-order chi connectivity index (χ1) is 13.7. The number of hydrogen-bond acceptors (Lipinski definition) is 3. The minimum absolute atomic E-state index is 0.0247. The zero-order valence-corrected chi connectivity index (χ0v) is 15.7. The fraction of sp³-hybridized carbons (Fsp3) is 0.217. The molecule has 0 radical (unpaired) electrons. The number of carbonyl (C=O) groups excluding carboxylic acids is 2. The van der Waals surface area contributed by atoms with Gasteiger partial charge in [0.1, 0.15) is 5.75 Å². The lowest BCUT2D eigenvalue weighted by Gasteiger charge is -2.09. The van der Waals surface area contributed by atoms with E-state index in [1.807, 2.05) is 72.8 Å². The summed E-state index contributed by atoms with van der Waals surface area (Å²) in [6.07, 6.45) is 0.949. The number of para-hydroxylation sites is 1. The van der Waals surface area contributed by atoms with Crippen molar-refractivity contribution in [3.05, 3.63) is 78.4 Å². The Kier molecular flexibility index (Phi) is 7.01. The summed E-state index contributed by atoms with van der Waals surface area (Å²) in [4.78, 5) is 24.1. The average Bonchev–Trinajstić information content (AvgIpc) is 2.73. The highest BCUT2D eigenvalue weighted by molar-refractivity contribution is 5.91. The second-order valence-corrected chi connectivity index (χ2v) is 6.46. The number of fused-ring (bicyclic) bond motifs is 1. The fourth-order valence-electron chi connectivity index (χ4n) is 2.93. The topological polar surface area (TPSA) is 67.4 Å². The summed E-state index contributed by atoms with van der Waals surface area (Å²) in [6, 6.07) is 23.4. The first-order valence-corrected chi connectivity index (χ1v) is 9.40. The number of ether oxygens (including phenoxy) is 1. The summed E-state index contributed by atoms with van der Waals surface area (Å²) in [5.41, 5.74) is 0.953. The van der Waals surface area contributed by atoms with E-state index < -0.39 is 0 Å². The second-order valence-electron chi connectivity index (χ2n) is 6.46. The molecule has 0 saturated heterocycles. The molecule has 0 saturated carbocycles. The van der Waals surface area contributed by atoms with Gasteiger partial charge in [0.15, 0.2) is 0 Å². The van der Waals surface area contributed by atoms with Gasteiger partial charge in [-0.25, -0.2) is 0 Å². The molecule has 28 heavy (non-hydrogen) atoms. The van der Waals surface area contributed by atoms with E-state index in [1.165, 1.54) is 0 Å². The van der Waals surface area contributed by atoms with Crippen LogP contribution in [0.4, 0.5) is 0 Å². The molecule has 0 aromatic heterocycles. The Hall–Kier alpha value is -3.34. The van der Waals surface area contributed by atoms with E-state index in [1.54, 1.807) is 0 Å². The van der Waals surface area contributed by atoms with Crippen molar-refractivity contribution in [3.63, 3.8) is 0 Å². The minimum atomic E-state index is -0.203. The number of nitrogens with one attached hydrogen (secondary N) is 2. The second kappa shape index (κ2) is 10.1. The molecule has 3 rings (SSSR count). The Morgan fingerprint density at radius 2 is 1.54 bits per heavy atom. The average molecular weight is 376 g/mol. The maximum Gasteiger partial charge on any atom is 0.239 e. The van der Waals surface area contributed by atoms with Crippen molar-refractivity contribution in [2.75, 3.05) is 19.7 Å². The highest BCUT2D eigenvalue weighted by Gasteiger charge is 2.08. The van der Waals surface area contributed by atoms with Gasteiger partial charge in [-0.1, -0.05) is 60.7 Å². The normalized spacial score (nSPS) is 10.4. The van der Waals surface area contributed by atoms with Crippen LogP contribution in [-0.4, -0.2) is 31.5 Å². The monoisotopic (exact) mass is 376 g/mol. The lowest BCUT2D eigenvalue weighted by Crippen LogP contribution is -2.38. The van der Waals surface area contributed by atoms with Gasteiger partial charge in [0.25, 0.3) is 0 Å². The van der Waals surface area contributed by atoms with Crippen LogP contribution >= 0.6 is 0 Å². The third-order valence-electron chi connectivity index (χ3n) is 4.33. The van der Waals surface area contributed by atoms with Crippen molar-refractivity contribution in [2.24, 2.45) is 0 Å². The summed E-state index contributed by atoms with van der Waals surface area (Å²) in [7, 11) is 0. The Morgan fingerprint density at radius 3 is 2.39 bits per heavy atom. The van der Waals surface area contributed by atoms with Crippen LogP contribution in [0.1, 0.15) is 12.0 Å². The van der Waals surface area contributed by atoms with Crippen molar-refractivity contribution in [1.29, 1.82) is 0 Å². The summed E-state index contributed by atoms with van der Waals surface area (Å²) in [5.74, 6) is 0.444. The van der Waals surface area contributed by atoms with E-state index in [0.29, 0.717) is 19.6 Å². The van der Waals surface area contributed by atoms with Gasteiger partial charge in [-0.3, -0.25) is 9.59 Å². The largest absolute Gasteiger partial charge is 0.494 e. The van der Waals surface area contributed by atoms with Gasteiger partial charge in [-0.05, 0) is 34.9 Å². The minimum Gasteiger partial charge on any atom is -0.494 e. The van der Waals surface area contributed by atoms with Crippen molar-refractivity contribution in [1.82, 2.24) is 10.6 Å². The molecule has 0 unspecified atom stereocenters. The van der Waals surface area contributed by atoms with Crippen LogP contribution in [0.3, 0.4) is 0 Å². The van der Waals surface area contributed by atoms with Crippen LogP contribution in [0.15, 0.2) is 72.8 Å². The van der Waals surface area contributed by atoms with Crippen LogP contribution in [0.5, 0.6) is 5.75 Å². The predicted octanol–water partition coefficient (Wildman–Crippen LogP) is 3.08. The van der Waals surface area contributed by atoms with Crippen molar-refractivity contribution in [2.45, 2.75) is 12.8 Å². The fourth-order valence-corrected chi connectivity index (χ4v) is 2.93. The van der Waals surface area contributed by atoms with Crippen molar-refractivity contribution < 1.29 is 14.3 Å². The molecule has 5 heteroatoms. The molecular formula is C23H24N2O3. The molecule has 144 valence electrons. The van der Waals surface area contributed by atoms with Gasteiger partial charge in [0.05, 0.1) is 19.6 Å². The molecular weight excluding hydrogens is 352 g/mol. The Balaban J connectivity index is 1.34. The third-order valence-corrected chi connectivity index (χ3v) is 4.33. The summed E-state index contributed by atoms with van der Waals surface area (Å²) in [5, 5.41) is 7.62. The Bertz CT molecular complexity index is 920. The van der Waals surface area contributed by atoms with Gasteiger partial charge >= 0.3 is 0 Å². The highest BCUT2D eigenvalue weighted by atomic mass is 16.5. The van der Waals surface area contributed by atoms with Gasteiger partial charge in [-0.15, -0.1) is 0 Å². The Morgan fingerprint density at radius 1 is 0.786 bits per heavy atom. The molecule has 0 spiro atoms. The van der Waals surface area contributed by atoms with E-state index in [-0.39, 0.29) is 24.8 Å². The smallest absolute Gasteiger partial charge is 0.239 e. The molecule has 0 aliphatic carbocycles. The Labute approximate surface area is 164 Å². The molecule has 2 amide bonds. The zero-order chi connectivity index (χ0) is 19.6. The number of rotatable bonds is 9. The lowest BCUT2D eigenvalue weighted by molar-refractivity contribution is -0.125. The van der Waals surface area contributed by atoms with Gasteiger partial charge in [0, 0.05) is 6.54 Å². The lowest BCUT2D eigenvalue weighted by atomic mass is 10.0. The molecule has 5 nitrogen and oxygen atoms in total. The van der Waals surface area contributed by atoms with Gasteiger partial charge in [0.2, 0.25) is 11.8 Å². The molecule has 0 atom stereocenters. The number of benzene rings is 3. The molecule has 3 aromatic rings.